The first-order valence-corrected chi connectivity index (χ1v) is 4.28. The van der Waals surface area contributed by atoms with E-state index < -0.39 is 0 Å². The number of aromatic amines is 1. The highest BCUT2D eigenvalue weighted by Gasteiger charge is 1.96. The molecular weight excluding hydrogens is 186 g/mol. The molecule has 1 N–H and O–H groups in total. The molecular formula is C10H8ClNO. The van der Waals surface area contributed by atoms with Crippen molar-refractivity contribution in [2.24, 2.45) is 0 Å². The molecule has 0 fully saturated rings. The lowest BCUT2D eigenvalue weighted by Crippen LogP contribution is -1.80. The fraction of sp³-hybridized carbons (Fsp3) is 0. The number of hydrogen-bond acceptors (Lipinski definition) is 1. The molecule has 1 aromatic carbocycles. The highest BCUT2D eigenvalue weighted by molar-refractivity contribution is 6.30. The van der Waals surface area contributed by atoms with E-state index in [0.29, 0.717) is 5.02 Å². The van der Waals surface area contributed by atoms with Crippen LogP contribution in [0.1, 0.15) is 0 Å². The van der Waals surface area contributed by atoms with Gasteiger partial charge in [0.2, 0.25) is 0 Å². The van der Waals surface area contributed by atoms with Gasteiger partial charge in [-0.05, 0) is 24.3 Å². The second kappa shape index (κ2) is 3.54. The molecule has 0 amide bonds. The summed E-state index contributed by atoms with van der Waals surface area (Å²) in [5.74, 6) is 1.52. The first-order chi connectivity index (χ1) is 6.34. The number of ether oxygens (including phenoxy) is 1. The normalized spacial score (nSPS) is 9.92. The van der Waals surface area contributed by atoms with Crippen molar-refractivity contribution < 1.29 is 4.74 Å². The Bertz CT molecular complexity index is 384. The zero-order valence-electron chi connectivity index (χ0n) is 6.83. The maximum Gasteiger partial charge on any atom is 0.144 e. The summed E-state index contributed by atoms with van der Waals surface area (Å²) in [5.41, 5.74) is 0. The van der Waals surface area contributed by atoms with Crippen LogP contribution in [0.5, 0.6) is 11.5 Å². The maximum absolute atomic E-state index is 5.80. The summed E-state index contributed by atoms with van der Waals surface area (Å²) in [6.07, 6.45) is 3.58. The summed E-state index contributed by atoms with van der Waals surface area (Å²) in [7, 11) is 0. The number of aromatic nitrogens is 1. The highest BCUT2D eigenvalue weighted by Crippen LogP contribution is 2.23. The van der Waals surface area contributed by atoms with Crippen LogP contribution in [0.4, 0.5) is 0 Å². The Hall–Kier alpha value is -1.41. The minimum Gasteiger partial charge on any atom is -0.456 e. The standard InChI is InChI=1S/C10H8ClNO/c11-8-2-1-3-9(6-8)13-10-4-5-12-7-10/h1-7,12H. The van der Waals surface area contributed by atoms with Crippen LogP contribution in [0, 0.1) is 0 Å². The lowest BCUT2D eigenvalue weighted by atomic mass is 10.3. The highest BCUT2D eigenvalue weighted by atomic mass is 35.5. The van der Waals surface area contributed by atoms with Gasteiger partial charge >= 0.3 is 0 Å². The largest absolute Gasteiger partial charge is 0.456 e. The monoisotopic (exact) mass is 193 g/mol. The molecule has 1 heterocycles. The molecule has 1 aromatic heterocycles. The fourth-order valence-corrected chi connectivity index (χ4v) is 1.22. The van der Waals surface area contributed by atoms with Gasteiger partial charge in [-0.25, -0.2) is 0 Å². The SMILES string of the molecule is Clc1cccc(Oc2cc[nH]c2)c1. The van der Waals surface area contributed by atoms with Crippen molar-refractivity contribution in [1.82, 2.24) is 4.98 Å². The molecule has 0 aliphatic carbocycles. The molecule has 2 rings (SSSR count). The summed E-state index contributed by atoms with van der Waals surface area (Å²) in [6.45, 7) is 0. The van der Waals surface area contributed by atoms with Gasteiger partial charge in [0.15, 0.2) is 0 Å². The van der Waals surface area contributed by atoms with Crippen LogP contribution >= 0.6 is 11.6 Å². The average Bonchev–Trinajstić information content (AvgIpc) is 2.57. The average molecular weight is 194 g/mol. The summed E-state index contributed by atoms with van der Waals surface area (Å²) >= 11 is 5.80. The smallest absolute Gasteiger partial charge is 0.144 e. The summed E-state index contributed by atoms with van der Waals surface area (Å²) in [4.78, 5) is 2.91. The first-order valence-electron chi connectivity index (χ1n) is 3.91. The van der Waals surface area contributed by atoms with E-state index in [-0.39, 0.29) is 0 Å². The zero-order valence-corrected chi connectivity index (χ0v) is 7.58. The van der Waals surface area contributed by atoms with Gasteiger partial charge < -0.3 is 9.72 Å². The van der Waals surface area contributed by atoms with Crippen molar-refractivity contribution in [3.8, 4) is 11.5 Å². The third-order valence-corrected chi connectivity index (χ3v) is 1.84. The second-order valence-corrected chi connectivity index (χ2v) is 3.04. The summed E-state index contributed by atoms with van der Waals surface area (Å²) < 4.78 is 5.48. The number of rotatable bonds is 2. The summed E-state index contributed by atoms with van der Waals surface area (Å²) in [5, 5.41) is 0.674. The molecule has 66 valence electrons. The van der Waals surface area contributed by atoms with Crippen molar-refractivity contribution in [3.05, 3.63) is 47.7 Å². The first kappa shape index (κ1) is 8.20. The predicted octanol–water partition coefficient (Wildman–Crippen LogP) is 3.46. The molecule has 0 radical (unpaired) electrons. The molecule has 0 unspecified atom stereocenters. The molecule has 0 atom stereocenters. The van der Waals surface area contributed by atoms with Crippen LogP contribution in [-0.4, -0.2) is 4.98 Å². The number of hydrogen-bond donors (Lipinski definition) is 1. The summed E-state index contributed by atoms with van der Waals surface area (Å²) in [6, 6.07) is 9.14. The van der Waals surface area contributed by atoms with Crippen LogP contribution in [0.3, 0.4) is 0 Å². The number of nitrogens with one attached hydrogen (secondary N) is 1. The van der Waals surface area contributed by atoms with Crippen LogP contribution in [-0.2, 0) is 0 Å². The van der Waals surface area contributed by atoms with Crippen molar-refractivity contribution in [3.63, 3.8) is 0 Å². The molecule has 0 spiro atoms. The van der Waals surface area contributed by atoms with Crippen molar-refractivity contribution in [2.75, 3.05) is 0 Å². The lowest BCUT2D eigenvalue weighted by Gasteiger charge is -2.02. The van der Waals surface area contributed by atoms with E-state index in [9.17, 15) is 0 Å². The predicted molar refractivity (Wildman–Crippen MR) is 52.3 cm³/mol. The number of halogens is 1. The second-order valence-electron chi connectivity index (χ2n) is 2.61. The minimum absolute atomic E-state index is 0.674. The third kappa shape index (κ3) is 2.04. The topological polar surface area (TPSA) is 25.0 Å². The van der Waals surface area contributed by atoms with E-state index >= 15 is 0 Å². The van der Waals surface area contributed by atoms with Gasteiger partial charge in [0.25, 0.3) is 0 Å². The fourth-order valence-electron chi connectivity index (χ4n) is 1.04. The van der Waals surface area contributed by atoms with E-state index in [0.717, 1.165) is 11.5 Å². The minimum atomic E-state index is 0.674. The Morgan fingerprint density at radius 2 is 2.08 bits per heavy atom. The molecule has 0 saturated heterocycles. The van der Waals surface area contributed by atoms with Crippen LogP contribution < -0.4 is 4.74 Å². The van der Waals surface area contributed by atoms with E-state index in [1.165, 1.54) is 0 Å². The van der Waals surface area contributed by atoms with Gasteiger partial charge in [-0.15, -0.1) is 0 Å². The van der Waals surface area contributed by atoms with E-state index in [2.05, 4.69) is 4.98 Å². The van der Waals surface area contributed by atoms with E-state index in [1.54, 1.807) is 18.5 Å². The zero-order chi connectivity index (χ0) is 9.10. The molecule has 13 heavy (non-hydrogen) atoms. The maximum atomic E-state index is 5.80. The Labute approximate surface area is 81.1 Å². The Kier molecular flexibility index (Phi) is 2.23. The molecule has 0 saturated carbocycles. The Balaban J connectivity index is 2.19. The molecule has 3 heteroatoms. The van der Waals surface area contributed by atoms with Crippen molar-refractivity contribution >= 4 is 11.6 Å². The molecule has 2 nitrogen and oxygen atoms in total. The van der Waals surface area contributed by atoms with E-state index in [4.69, 9.17) is 16.3 Å². The van der Waals surface area contributed by atoms with Crippen molar-refractivity contribution in [1.29, 1.82) is 0 Å². The molecule has 0 bridgehead atoms. The van der Waals surface area contributed by atoms with Gasteiger partial charge in [-0.2, -0.15) is 0 Å². The van der Waals surface area contributed by atoms with Gasteiger partial charge in [0, 0.05) is 17.4 Å². The molecule has 0 aliphatic rings. The Morgan fingerprint density at radius 1 is 1.15 bits per heavy atom. The molecule has 2 aromatic rings. The van der Waals surface area contributed by atoms with Gasteiger partial charge in [-0.3, -0.25) is 0 Å². The van der Waals surface area contributed by atoms with Gasteiger partial charge in [0.05, 0.1) is 0 Å². The lowest BCUT2D eigenvalue weighted by molar-refractivity contribution is 0.483. The number of H-pyrrole nitrogens is 1. The Morgan fingerprint density at radius 3 is 2.77 bits per heavy atom. The van der Waals surface area contributed by atoms with Crippen LogP contribution in [0.15, 0.2) is 42.7 Å². The van der Waals surface area contributed by atoms with Crippen molar-refractivity contribution in [2.45, 2.75) is 0 Å². The van der Waals surface area contributed by atoms with Gasteiger partial charge in [0.1, 0.15) is 11.5 Å². The third-order valence-electron chi connectivity index (χ3n) is 1.60. The van der Waals surface area contributed by atoms with Gasteiger partial charge in [-0.1, -0.05) is 17.7 Å². The van der Waals surface area contributed by atoms with E-state index in [1.807, 2.05) is 24.3 Å². The van der Waals surface area contributed by atoms with Crippen LogP contribution in [0.2, 0.25) is 5.02 Å². The molecule has 0 aliphatic heterocycles. The van der Waals surface area contributed by atoms with Crippen LogP contribution in [0.25, 0.3) is 0 Å². The number of benzene rings is 1. The quantitative estimate of drug-likeness (QED) is 0.777.